The number of thioether (sulfide) groups is 1. The van der Waals surface area contributed by atoms with Crippen molar-refractivity contribution in [2.45, 2.75) is 25.6 Å². The molecule has 0 aliphatic rings. The lowest BCUT2D eigenvalue weighted by molar-refractivity contribution is -0.113. The highest BCUT2D eigenvalue weighted by Crippen LogP contribution is 2.22. The van der Waals surface area contributed by atoms with E-state index in [1.807, 2.05) is 67.9 Å². The summed E-state index contributed by atoms with van der Waals surface area (Å²) in [4.78, 5) is 12.3. The predicted molar refractivity (Wildman–Crippen MR) is 114 cm³/mol. The van der Waals surface area contributed by atoms with E-state index in [1.165, 1.54) is 11.8 Å². The maximum Gasteiger partial charge on any atom is 0.234 e. The summed E-state index contributed by atoms with van der Waals surface area (Å²) in [5.41, 5.74) is 3.05. The van der Waals surface area contributed by atoms with Crippen LogP contribution in [-0.2, 0) is 18.4 Å². The van der Waals surface area contributed by atoms with Gasteiger partial charge in [0, 0.05) is 18.8 Å². The Bertz CT molecular complexity index is 1000. The molecule has 0 radical (unpaired) electrons. The van der Waals surface area contributed by atoms with Crippen molar-refractivity contribution in [2.75, 3.05) is 18.2 Å². The number of methoxy groups -OCH3 is 1. The number of benzene rings is 2. The molecule has 3 aromatic rings. The number of aromatic nitrogens is 3. The summed E-state index contributed by atoms with van der Waals surface area (Å²) in [5.74, 6) is 2.25. The summed E-state index contributed by atoms with van der Waals surface area (Å²) >= 11 is 1.33. The number of ether oxygens (including phenoxy) is 2. The average Bonchev–Trinajstić information content (AvgIpc) is 3.08. The van der Waals surface area contributed by atoms with Crippen LogP contribution in [0.2, 0.25) is 0 Å². The molecule has 1 amide bonds. The summed E-state index contributed by atoms with van der Waals surface area (Å²) in [5, 5.41) is 11.9. The van der Waals surface area contributed by atoms with Crippen molar-refractivity contribution in [3.05, 3.63) is 59.4 Å². The molecule has 0 fully saturated rings. The van der Waals surface area contributed by atoms with E-state index >= 15 is 0 Å². The Morgan fingerprint density at radius 1 is 1.14 bits per heavy atom. The molecule has 0 aliphatic heterocycles. The van der Waals surface area contributed by atoms with Gasteiger partial charge in [0.25, 0.3) is 0 Å². The quantitative estimate of drug-likeness (QED) is 0.568. The van der Waals surface area contributed by atoms with Crippen LogP contribution >= 0.6 is 11.8 Å². The first-order chi connectivity index (χ1) is 14.0. The molecule has 0 unspecified atom stereocenters. The van der Waals surface area contributed by atoms with Crippen molar-refractivity contribution in [1.82, 2.24) is 14.8 Å². The molecule has 3 rings (SSSR count). The van der Waals surface area contributed by atoms with Gasteiger partial charge in [-0.25, -0.2) is 0 Å². The van der Waals surface area contributed by atoms with Crippen LogP contribution in [0.1, 0.15) is 17.0 Å². The van der Waals surface area contributed by atoms with E-state index in [2.05, 4.69) is 15.5 Å². The van der Waals surface area contributed by atoms with Gasteiger partial charge in [0.2, 0.25) is 5.91 Å². The molecule has 0 saturated heterocycles. The topological polar surface area (TPSA) is 78.3 Å². The lowest BCUT2D eigenvalue weighted by atomic mass is 10.1. The van der Waals surface area contributed by atoms with Crippen LogP contribution in [0.4, 0.5) is 5.69 Å². The normalized spacial score (nSPS) is 10.6. The molecular weight excluding hydrogens is 388 g/mol. The Balaban J connectivity index is 1.55. The zero-order chi connectivity index (χ0) is 20.8. The Kier molecular flexibility index (Phi) is 6.77. The molecule has 0 aliphatic carbocycles. The van der Waals surface area contributed by atoms with E-state index in [-0.39, 0.29) is 18.3 Å². The van der Waals surface area contributed by atoms with Gasteiger partial charge in [0.1, 0.15) is 18.1 Å². The number of aryl methyl sites for hydroxylation is 1. The lowest BCUT2D eigenvalue weighted by Gasteiger charge is -2.10. The molecule has 7 nitrogen and oxygen atoms in total. The average molecular weight is 413 g/mol. The minimum absolute atomic E-state index is 0.0825. The largest absolute Gasteiger partial charge is 0.497 e. The second-order valence-electron chi connectivity index (χ2n) is 6.51. The molecule has 1 aromatic heterocycles. The smallest absolute Gasteiger partial charge is 0.234 e. The summed E-state index contributed by atoms with van der Waals surface area (Å²) < 4.78 is 12.8. The van der Waals surface area contributed by atoms with E-state index in [9.17, 15) is 4.79 Å². The van der Waals surface area contributed by atoms with Crippen molar-refractivity contribution in [3.8, 4) is 11.5 Å². The minimum Gasteiger partial charge on any atom is -0.497 e. The van der Waals surface area contributed by atoms with Crippen molar-refractivity contribution in [1.29, 1.82) is 0 Å². The second kappa shape index (κ2) is 9.47. The van der Waals surface area contributed by atoms with E-state index in [0.717, 1.165) is 22.6 Å². The molecular formula is C21H24N4O3S. The first-order valence-electron chi connectivity index (χ1n) is 9.12. The third-order valence-corrected chi connectivity index (χ3v) is 5.57. The van der Waals surface area contributed by atoms with E-state index in [0.29, 0.717) is 16.7 Å². The standard InChI is InChI=1S/C21H24N4O3S/c1-14-7-5-10-18(15(14)2)22-20(26)13-29-21-24-23-19(25(21)3)12-28-17-9-6-8-16(11-17)27-4/h5-11H,12-13H2,1-4H3,(H,22,26). The number of carbonyl (C=O) groups is 1. The third kappa shape index (κ3) is 5.29. The van der Waals surface area contributed by atoms with Crippen LogP contribution in [0.3, 0.4) is 0 Å². The van der Waals surface area contributed by atoms with Crippen LogP contribution in [0.5, 0.6) is 11.5 Å². The molecule has 0 spiro atoms. The van der Waals surface area contributed by atoms with Crippen molar-refractivity contribution >= 4 is 23.4 Å². The molecule has 1 N–H and O–H groups in total. The van der Waals surface area contributed by atoms with Crippen LogP contribution < -0.4 is 14.8 Å². The zero-order valence-corrected chi connectivity index (χ0v) is 17.7. The summed E-state index contributed by atoms with van der Waals surface area (Å²) in [6.07, 6.45) is 0. The van der Waals surface area contributed by atoms with Gasteiger partial charge in [0.05, 0.1) is 12.9 Å². The van der Waals surface area contributed by atoms with Gasteiger partial charge in [-0.3, -0.25) is 4.79 Å². The van der Waals surface area contributed by atoms with Gasteiger partial charge >= 0.3 is 0 Å². The van der Waals surface area contributed by atoms with Gasteiger partial charge in [-0.2, -0.15) is 0 Å². The lowest BCUT2D eigenvalue weighted by Crippen LogP contribution is -2.15. The molecule has 0 bridgehead atoms. The van der Waals surface area contributed by atoms with Crippen molar-refractivity contribution in [3.63, 3.8) is 0 Å². The van der Waals surface area contributed by atoms with Gasteiger partial charge in [-0.1, -0.05) is 30.0 Å². The predicted octanol–water partition coefficient (Wildman–Crippen LogP) is 3.75. The number of rotatable bonds is 8. The van der Waals surface area contributed by atoms with Gasteiger partial charge < -0.3 is 19.4 Å². The summed E-state index contributed by atoms with van der Waals surface area (Å²) in [6.45, 7) is 4.29. The number of nitrogens with zero attached hydrogens (tertiary/aromatic N) is 3. The Morgan fingerprint density at radius 3 is 2.69 bits per heavy atom. The first-order valence-corrected chi connectivity index (χ1v) is 10.1. The number of hydrogen-bond acceptors (Lipinski definition) is 6. The number of carbonyl (C=O) groups excluding carboxylic acids is 1. The molecule has 29 heavy (non-hydrogen) atoms. The SMILES string of the molecule is COc1cccc(OCc2nnc(SCC(=O)Nc3cccc(C)c3C)n2C)c1. The Labute approximate surface area is 174 Å². The maximum absolute atomic E-state index is 12.3. The summed E-state index contributed by atoms with van der Waals surface area (Å²) in [7, 11) is 3.47. The molecule has 1 heterocycles. The number of hydrogen-bond donors (Lipinski definition) is 1. The van der Waals surface area contributed by atoms with Crippen molar-refractivity contribution < 1.29 is 14.3 Å². The highest BCUT2D eigenvalue weighted by Gasteiger charge is 2.13. The van der Waals surface area contributed by atoms with Gasteiger partial charge in [-0.05, 0) is 43.2 Å². The van der Waals surface area contributed by atoms with Crippen LogP contribution in [0.25, 0.3) is 0 Å². The molecule has 8 heteroatoms. The van der Waals surface area contributed by atoms with Crippen LogP contribution in [0, 0.1) is 13.8 Å². The highest BCUT2D eigenvalue weighted by atomic mass is 32.2. The third-order valence-electron chi connectivity index (χ3n) is 4.55. The second-order valence-corrected chi connectivity index (χ2v) is 7.45. The van der Waals surface area contributed by atoms with Crippen LogP contribution in [0.15, 0.2) is 47.6 Å². The van der Waals surface area contributed by atoms with Gasteiger partial charge in [0.15, 0.2) is 11.0 Å². The number of nitrogens with one attached hydrogen (secondary N) is 1. The summed E-state index contributed by atoms with van der Waals surface area (Å²) in [6, 6.07) is 13.2. The number of amides is 1. The van der Waals surface area contributed by atoms with E-state index in [4.69, 9.17) is 9.47 Å². The zero-order valence-electron chi connectivity index (χ0n) is 16.9. The maximum atomic E-state index is 12.3. The molecule has 0 atom stereocenters. The fraction of sp³-hybridized carbons (Fsp3) is 0.286. The molecule has 152 valence electrons. The molecule has 2 aromatic carbocycles. The van der Waals surface area contributed by atoms with E-state index in [1.54, 1.807) is 7.11 Å². The monoisotopic (exact) mass is 412 g/mol. The minimum atomic E-state index is -0.0825. The van der Waals surface area contributed by atoms with E-state index < -0.39 is 0 Å². The Morgan fingerprint density at radius 2 is 1.90 bits per heavy atom. The first kappa shape index (κ1) is 20.7. The fourth-order valence-electron chi connectivity index (χ4n) is 2.64. The Hall–Kier alpha value is -3.00. The van der Waals surface area contributed by atoms with Crippen molar-refractivity contribution in [2.24, 2.45) is 7.05 Å². The fourth-order valence-corrected chi connectivity index (χ4v) is 3.37. The van der Waals surface area contributed by atoms with Crippen LogP contribution in [-0.4, -0.2) is 33.5 Å². The number of anilines is 1. The highest BCUT2D eigenvalue weighted by molar-refractivity contribution is 7.99. The molecule has 0 saturated carbocycles. The van der Waals surface area contributed by atoms with Gasteiger partial charge in [-0.15, -0.1) is 10.2 Å².